The molecular formula is C26H24N7O9S3+. The Morgan fingerprint density at radius 1 is 1.20 bits per heavy atom. The number of hydrogen-bond donors (Lipinski definition) is 7. The highest BCUT2D eigenvalue weighted by Crippen LogP contribution is 2.41. The van der Waals surface area contributed by atoms with E-state index in [-0.39, 0.29) is 27.8 Å². The van der Waals surface area contributed by atoms with Crippen LogP contribution in [0.25, 0.3) is 0 Å². The number of aliphatic carboxylic acids is 2. The number of fused-ring (bicyclic) bond motifs is 1. The number of benzene rings is 1. The Hall–Kier alpha value is -5.01. The number of carboxylic acids is 2. The van der Waals surface area contributed by atoms with E-state index >= 15 is 0 Å². The average molecular weight is 675 g/mol. The Bertz CT molecular complexity index is 1750. The van der Waals surface area contributed by atoms with Crippen LogP contribution in [0.5, 0.6) is 11.5 Å². The number of β-lactam (4-membered cyclic amide) rings is 1. The van der Waals surface area contributed by atoms with Crippen molar-refractivity contribution in [3.63, 3.8) is 0 Å². The number of phenolic OH excluding ortho intramolecular Hbond substituents is 2. The molecule has 16 nitrogen and oxygen atoms in total. The van der Waals surface area contributed by atoms with Crippen molar-refractivity contribution >= 4 is 69.5 Å². The fraction of sp³-hybridized carbons (Fsp3) is 0.192. The molecule has 0 saturated carbocycles. The quantitative estimate of drug-likeness (QED) is 0.0273. The number of carbonyl (C=O) groups excluding carboxylic acids is 2. The van der Waals surface area contributed by atoms with Gasteiger partial charge in [-0.15, -0.1) is 34.9 Å². The number of rotatable bonds is 11. The van der Waals surface area contributed by atoms with Crippen molar-refractivity contribution in [2.45, 2.75) is 22.4 Å². The number of hydrogen-bond acceptors (Lipinski definition) is 14. The first-order valence-electron chi connectivity index (χ1n) is 12.7. The summed E-state index contributed by atoms with van der Waals surface area (Å²) < 4.78 is 1.37. The van der Waals surface area contributed by atoms with Gasteiger partial charge in [-0.05, 0) is 17.7 Å². The van der Waals surface area contributed by atoms with Gasteiger partial charge >= 0.3 is 11.9 Å². The van der Waals surface area contributed by atoms with Gasteiger partial charge in [0.05, 0.1) is 0 Å². The number of nitrogens with two attached hydrogens (primary N) is 2. The maximum atomic E-state index is 13.4. The topological polar surface area (TPSA) is 255 Å². The van der Waals surface area contributed by atoms with Gasteiger partial charge in [-0.2, -0.15) is 0 Å². The summed E-state index contributed by atoms with van der Waals surface area (Å²) in [6, 6.07) is 5.61. The maximum absolute atomic E-state index is 13.4. The van der Waals surface area contributed by atoms with Crippen molar-refractivity contribution in [2.75, 3.05) is 23.1 Å². The summed E-state index contributed by atoms with van der Waals surface area (Å²) in [7, 11) is 0. The minimum atomic E-state index is -1.81. The van der Waals surface area contributed by atoms with Crippen LogP contribution in [-0.4, -0.2) is 82.7 Å². The number of amides is 2. The molecule has 2 aromatic heterocycles. The predicted molar refractivity (Wildman–Crippen MR) is 161 cm³/mol. The van der Waals surface area contributed by atoms with Crippen LogP contribution in [0.1, 0.15) is 17.4 Å². The summed E-state index contributed by atoms with van der Waals surface area (Å²) in [5.41, 5.74) is 5.42. The lowest BCUT2D eigenvalue weighted by atomic mass is 10.0. The van der Waals surface area contributed by atoms with Gasteiger partial charge in [0.2, 0.25) is 6.10 Å². The zero-order chi connectivity index (χ0) is 32.4. The number of aromatic hydroxyl groups is 2. The van der Waals surface area contributed by atoms with Crippen LogP contribution in [0.2, 0.25) is 0 Å². The first-order valence-corrected chi connectivity index (χ1v) is 15.7. The van der Waals surface area contributed by atoms with E-state index in [0.29, 0.717) is 11.3 Å². The number of carboxylic acid groups (broad SMARTS) is 2. The van der Waals surface area contributed by atoms with Crippen molar-refractivity contribution in [2.24, 2.45) is 5.16 Å². The molecule has 45 heavy (non-hydrogen) atoms. The zero-order valence-electron chi connectivity index (χ0n) is 22.8. The first-order chi connectivity index (χ1) is 21.4. The molecule has 1 fully saturated rings. The monoisotopic (exact) mass is 674 g/mol. The summed E-state index contributed by atoms with van der Waals surface area (Å²) in [6.45, 7) is 0. The summed E-state index contributed by atoms with van der Waals surface area (Å²) in [6.07, 6.45) is 1.49. The van der Waals surface area contributed by atoms with E-state index in [1.807, 2.05) is 0 Å². The van der Waals surface area contributed by atoms with Crippen molar-refractivity contribution in [3.8, 4) is 11.5 Å². The lowest BCUT2D eigenvalue weighted by Crippen LogP contribution is -2.71. The highest BCUT2D eigenvalue weighted by molar-refractivity contribution is 8.01. The fourth-order valence-electron chi connectivity index (χ4n) is 4.35. The molecule has 0 bridgehead atoms. The van der Waals surface area contributed by atoms with Gasteiger partial charge < -0.3 is 36.3 Å². The van der Waals surface area contributed by atoms with Crippen LogP contribution >= 0.6 is 34.9 Å². The van der Waals surface area contributed by atoms with Gasteiger partial charge in [-0.1, -0.05) is 15.9 Å². The summed E-state index contributed by atoms with van der Waals surface area (Å²) >= 11 is 3.63. The Morgan fingerprint density at radius 2 is 1.93 bits per heavy atom. The molecule has 234 valence electrons. The van der Waals surface area contributed by atoms with Gasteiger partial charge in [0.15, 0.2) is 34.7 Å². The molecule has 0 spiro atoms. The van der Waals surface area contributed by atoms with E-state index in [4.69, 9.17) is 16.4 Å². The van der Waals surface area contributed by atoms with E-state index in [9.17, 15) is 39.6 Å². The third-order valence-electron chi connectivity index (χ3n) is 6.53. The van der Waals surface area contributed by atoms with Crippen molar-refractivity contribution in [1.82, 2.24) is 15.2 Å². The van der Waals surface area contributed by atoms with Gasteiger partial charge in [0, 0.05) is 39.5 Å². The van der Waals surface area contributed by atoms with Crippen LogP contribution in [0.3, 0.4) is 0 Å². The molecule has 5 rings (SSSR count). The number of nitrogens with one attached hydrogen (secondary N) is 1. The van der Waals surface area contributed by atoms with Crippen molar-refractivity contribution in [3.05, 3.63) is 70.6 Å². The summed E-state index contributed by atoms with van der Waals surface area (Å²) in [5, 5.41) is 46.0. The molecule has 0 aliphatic carbocycles. The Kier molecular flexibility index (Phi) is 9.02. The van der Waals surface area contributed by atoms with Gasteiger partial charge in [0.1, 0.15) is 22.8 Å². The minimum absolute atomic E-state index is 0.0665. The number of oxime groups is 1. The maximum Gasteiger partial charge on any atom is 0.352 e. The van der Waals surface area contributed by atoms with Crippen LogP contribution in [0.4, 0.5) is 5.13 Å². The molecule has 1 saturated heterocycles. The van der Waals surface area contributed by atoms with Gasteiger partial charge in [-0.3, -0.25) is 14.5 Å². The van der Waals surface area contributed by atoms with E-state index in [0.717, 1.165) is 33.3 Å². The standard InChI is InChI=1S/C26H23N7O9S3/c27-26-29-14(10-45-26)17(31-42-20(25(40)41)11-1-2-15(34)16(35)7-11)21(36)30-18-22(37)33-19(24(38)39)12(9-44-23(18)33)8-43-13-3-5-32(28)6-4-13/h1-7,10,18,20,23H,8-9,28H2,(H6-,27,29,30,31,34,35,36,38,39,40,41)/p+1/t18-,20-,23-/m1/s1. The SMILES string of the molecule is Nc1nc(/C(=N/O[C@@H](C(=O)O)c2ccc(O)c(O)c2)C(=O)N[C@@H]2C(=O)N3C(C(=O)O)=C(CSc4cc[n+](N)cc4)CS[C@H]23)cs1. The molecule has 0 unspecified atom stereocenters. The molecule has 4 heterocycles. The smallest absolute Gasteiger partial charge is 0.352 e. The second-order valence-corrected chi connectivity index (χ2v) is 12.5. The zero-order valence-corrected chi connectivity index (χ0v) is 25.2. The van der Waals surface area contributed by atoms with Crippen molar-refractivity contribution in [1.29, 1.82) is 0 Å². The minimum Gasteiger partial charge on any atom is -0.504 e. The van der Waals surface area contributed by atoms with Crippen LogP contribution in [0, 0.1) is 0 Å². The highest BCUT2D eigenvalue weighted by atomic mass is 32.2. The Morgan fingerprint density at radius 3 is 2.56 bits per heavy atom. The van der Waals surface area contributed by atoms with Crippen LogP contribution in [-0.2, 0) is 24.0 Å². The van der Waals surface area contributed by atoms with Crippen LogP contribution in [0.15, 0.2) is 69.4 Å². The molecule has 2 amide bonds. The molecule has 2 aliphatic rings. The normalized spacial score (nSPS) is 18.5. The molecule has 0 radical (unpaired) electrons. The molecule has 3 aromatic rings. The number of thioether (sulfide) groups is 2. The Labute approximate surface area is 266 Å². The number of anilines is 1. The molecule has 9 N–H and O–H groups in total. The number of nitrogen functional groups attached to an aromatic ring is 2. The molecular weight excluding hydrogens is 651 g/mol. The molecule has 1 aromatic carbocycles. The highest BCUT2D eigenvalue weighted by Gasteiger charge is 2.54. The van der Waals surface area contributed by atoms with E-state index in [1.165, 1.54) is 39.6 Å². The second kappa shape index (κ2) is 12.9. The van der Waals surface area contributed by atoms with Crippen molar-refractivity contribution < 1.29 is 49.1 Å². The number of pyridine rings is 1. The molecule has 19 heteroatoms. The second-order valence-electron chi connectivity index (χ2n) is 9.47. The molecule has 2 aliphatic heterocycles. The predicted octanol–water partition coefficient (Wildman–Crippen LogP) is 0.215. The van der Waals surface area contributed by atoms with Gasteiger partial charge in [-0.25, -0.2) is 20.4 Å². The molecule has 3 atom stereocenters. The third kappa shape index (κ3) is 6.59. The van der Waals surface area contributed by atoms with Gasteiger partial charge in [0.25, 0.3) is 11.8 Å². The number of carbonyl (C=O) groups is 4. The fourth-order valence-corrected chi connectivity index (χ4v) is 7.27. The number of thiazole rings is 1. The Balaban J connectivity index is 1.34. The number of nitrogens with zero attached hydrogens (tertiary/aromatic N) is 4. The lowest BCUT2D eigenvalue weighted by molar-refractivity contribution is -0.639. The van der Waals surface area contributed by atoms with E-state index in [2.05, 4.69) is 15.5 Å². The van der Waals surface area contributed by atoms with Crippen LogP contribution < -0.4 is 21.6 Å². The summed E-state index contributed by atoms with van der Waals surface area (Å²) in [5.74, 6) is 0.710. The largest absolute Gasteiger partial charge is 0.504 e. The summed E-state index contributed by atoms with van der Waals surface area (Å²) in [4.78, 5) is 62.0. The van der Waals surface area contributed by atoms with E-state index in [1.54, 1.807) is 24.5 Å². The number of phenols is 2. The lowest BCUT2D eigenvalue weighted by Gasteiger charge is -2.49. The first kappa shape index (κ1) is 31.4. The number of aromatic nitrogens is 2. The third-order valence-corrected chi connectivity index (χ3v) is 9.64. The van der Waals surface area contributed by atoms with E-state index < -0.39 is 58.5 Å². The average Bonchev–Trinajstić information content (AvgIpc) is 3.43.